The largest absolute Gasteiger partial charge is 0.390 e. The molecule has 158 valence electrons. The van der Waals surface area contributed by atoms with Crippen LogP contribution in [0.3, 0.4) is 0 Å². The molecule has 0 amide bonds. The van der Waals surface area contributed by atoms with E-state index in [1.807, 2.05) is 0 Å². The highest BCUT2D eigenvalue weighted by molar-refractivity contribution is 7.85. The van der Waals surface area contributed by atoms with Crippen molar-refractivity contribution in [2.45, 2.75) is 64.4 Å². The third kappa shape index (κ3) is 8.78. The summed E-state index contributed by atoms with van der Waals surface area (Å²) < 4.78 is 30.9. The van der Waals surface area contributed by atoms with Crippen molar-refractivity contribution in [3.63, 3.8) is 0 Å². The molecule has 3 N–H and O–H groups in total. The Labute approximate surface area is 162 Å². The van der Waals surface area contributed by atoms with Gasteiger partial charge in [0.1, 0.15) is 31.5 Å². The van der Waals surface area contributed by atoms with E-state index >= 15 is 0 Å². The van der Waals surface area contributed by atoms with E-state index < -0.39 is 22.0 Å². The molecule has 2 atom stereocenters. The summed E-state index contributed by atoms with van der Waals surface area (Å²) >= 11 is 0. The summed E-state index contributed by atoms with van der Waals surface area (Å²) in [6.07, 6.45) is 6.73. The number of aliphatic hydroxyl groups is 2. The third-order valence-electron chi connectivity index (χ3n) is 4.99. The van der Waals surface area contributed by atoms with Crippen LogP contribution in [0.4, 0.5) is 0 Å². The van der Waals surface area contributed by atoms with Crippen molar-refractivity contribution in [2.24, 2.45) is 4.99 Å². The van der Waals surface area contributed by atoms with Crippen LogP contribution in [-0.2, 0) is 14.9 Å². The quantitative estimate of drug-likeness (QED) is 0.213. The van der Waals surface area contributed by atoms with E-state index in [0.29, 0.717) is 25.3 Å². The van der Waals surface area contributed by atoms with Crippen LogP contribution in [0.15, 0.2) is 4.99 Å². The molecule has 0 spiro atoms. The van der Waals surface area contributed by atoms with Crippen LogP contribution in [0.5, 0.6) is 0 Å². The van der Waals surface area contributed by atoms with Crippen LogP contribution in [0.1, 0.15) is 58.3 Å². The Morgan fingerprint density at radius 1 is 1.19 bits per heavy atom. The molecule has 0 radical (unpaired) electrons. The predicted octanol–water partition coefficient (Wildman–Crippen LogP) is 1.17. The van der Waals surface area contributed by atoms with Gasteiger partial charge in [-0.15, -0.1) is 0 Å². The molecule has 0 aliphatic carbocycles. The molecule has 0 saturated carbocycles. The Morgan fingerprint density at radius 3 is 2.41 bits per heavy atom. The summed E-state index contributed by atoms with van der Waals surface area (Å²) in [6, 6.07) is 0. The molecule has 0 aromatic carbocycles. The number of nitrogens with zero attached hydrogens (tertiary/aromatic N) is 2. The molecule has 1 rings (SSSR count). The van der Waals surface area contributed by atoms with E-state index in [-0.39, 0.29) is 30.0 Å². The zero-order valence-electron chi connectivity index (χ0n) is 16.3. The summed E-state index contributed by atoms with van der Waals surface area (Å²) in [7, 11) is -4.32. The summed E-state index contributed by atoms with van der Waals surface area (Å²) in [5.74, 6) is -0.588. The highest BCUT2D eigenvalue weighted by Crippen LogP contribution is 2.20. The number of aliphatic hydroxyl groups excluding tert-OH is 2. The van der Waals surface area contributed by atoms with E-state index in [1.165, 1.54) is 25.7 Å². The number of carbonyl (C=O) groups is 1. The number of quaternary nitrogens is 1. The maximum Gasteiger partial charge on any atom is 0.267 e. The highest BCUT2D eigenvalue weighted by atomic mass is 32.2. The molecule has 8 nitrogen and oxygen atoms in total. The van der Waals surface area contributed by atoms with Crippen LogP contribution in [-0.4, -0.2) is 83.9 Å². The van der Waals surface area contributed by atoms with E-state index in [1.54, 1.807) is 0 Å². The van der Waals surface area contributed by atoms with Crippen molar-refractivity contribution in [1.29, 1.82) is 0 Å². The number of unbranched alkanes of at least 4 members (excludes halogenated alkanes) is 6. The first-order chi connectivity index (χ1) is 12.7. The van der Waals surface area contributed by atoms with Gasteiger partial charge in [0.25, 0.3) is 16.0 Å². The van der Waals surface area contributed by atoms with Crippen LogP contribution in [0.2, 0.25) is 0 Å². The molecule has 1 aliphatic heterocycles. The van der Waals surface area contributed by atoms with Gasteiger partial charge < -0.3 is 10.2 Å². The van der Waals surface area contributed by atoms with Crippen molar-refractivity contribution in [1.82, 2.24) is 0 Å². The minimum absolute atomic E-state index is 0.0253. The van der Waals surface area contributed by atoms with Crippen LogP contribution >= 0.6 is 0 Å². The first-order valence-corrected chi connectivity index (χ1v) is 11.5. The Hall–Kier alpha value is -0.870. The molecule has 0 saturated heterocycles. The minimum Gasteiger partial charge on any atom is -0.390 e. The molecule has 9 heteroatoms. The van der Waals surface area contributed by atoms with Gasteiger partial charge in [-0.1, -0.05) is 45.4 Å². The normalized spacial score (nSPS) is 21.3. The van der Waals surface area contributed by atoms with Crippen molar-refractivity contribution in [3.05, 3.63) is 0 Å². The molecule has 27 heavy (non-hydrogen) atoms. The first-order valence-electron chi connectivity index (χ1n) is 9.92. The SMILES string of the molecule is CCCCCCCCCC(=O)C1=NCC[N+]1(CCO)CC(O)CS(=O)(=O)O. The van der Waals surface area contributed by atoms with Crippen molar-refractivity contribution >= 4 is 21.7 Å². The van der Waals surface area contributed by atoms with Crippen LogP contribution in [0.25, 0.3) is 0 Å². The molecule has 0 fully saturated rings. The maximum absolute atomic E-state index is 12.7. The second-order valence-corrected chi connectivity index (χ2v) is 8.90. The van der Waals surface area contributed by atoms with Gasteiger partial charge in [-0.25, -0.2) is 4.99 Å². The molecular weight excluding hydrogens is 372 g/mol. The van der Waals surface area contributed by atoms with Gasteiger partial charge in [0, 0.05) is 6.42 Å². The van der Waals surface area contributed by atoms with Gasteiger partial charge in [-0.2, -0.15) is 8.42 Å². The molecule has 0 aromatic rings. The van der Waals surface area contributed by atoms with E-state index in [0.717, 1.165) is 19.3 Å². The van der Waals surface area contributed by atoms with E-state index in [9.17, 15) is 23.4 Å². The Bertz CT molecular complexity index is 593. The van der Waals surface area contributed by atoms with Gasteiger partial charge in [-0.05, 0) is 6.42 Å². The zero-order chi connectivity index (χ0) is 20.3. The zero-order valence-corrected chi connectivity index (χ0v) is 17.2. The fraction of sp³-hybridized carbons (Fsp3) is 0.889. The summed E-state index contributed by atoms with van der Waals surface area (Å²) in [5.41, 5.74) is 0. The summed E-state index contributed by atoms with van der Waals surface area (Å²) in [5, 5.41) is 19.5. The van der Waals surface area contributed by atoms with Crippen molar-refractivity contribution in [2.75, 3.05) is 38.5 Å². The lowest BCUT2D eigenvalue weighted by atomic mass is 10.1. The Morgan fingerprint density at radius 2 is 1.81 bits per heavy atom. The number of hydrogen-bond donors (Lipinski definition) is 3. The fourth-order valence-corrected chi connectivity index (χ4v) is 4.28. The topological polar surface area (TPSA) is 124 Å². The number of amidine groups is 1. The third-order valence-corrected chi connectivity index (χ3v) is 5.79. The molecule has 1 heterocycles. The number of aliphatic imine (C=N–C) groups is 1. The Balaban J connectivity index is 2.60. The van der Waals surface area contributed by atoms with Gasteiger partial charge in [-0.3, -0.25) is 13.8 Å². The summed E-state index contributed by atoms with van der Waals surface area (Å²) in [6.45, 7) is 2.91. The van der Waals surface area contributed by atoms with Gasteiger partial charge in [0.2, 0.25) is 5.78 Å². The number of Topliss-reactive ketones (excluding diaryl/α,β-unsaturated/α-hetero) is 1. The van der Waals surface area contributed by atoms with E-state index in [4.69, 9.17) is 4.55 Å². The average Bonchev–Trinajstić information content (AvgIpc) is 2.95. The lowest BCUT2D eigenvalue weighted by Crippen LogP contribution is -2.59. The van der Waals surface area contributed by atoms with Gasteiger partial charge >= 0.3 is 0 Å². The lowest BCUT2D eigenvalue weighted by molar-refractivity contribution is -0.837. The molecule has 1 aliphatic rings. The smallest absolute Gasteiger partial charge is 0.267 e. The van der Waals surface area contributed by atoms with Gasteiger partial charge in [0.05, 0.1) is 13.2 Å². The second-order valence-electron chi connectivity index (χ2n) is 7.40. The molecule has 0 bridgehead atoms. The van der Waals surface area contributed by atoms with Crippen molar-refractivity contribution in [3.8, 4) is 0 Å². The predicted molar refractivity (Wildman–Crippen MR) is 104 cm³/mol. The monoisotopic (exact) mass is 407 g/mol. The fourth-order valence-electron chi connectivity index (χ4n) is 3.69. The first kappa shape index (κ1) is 24.2. The number of carbonyl (C=O) groups excluding carboxylic acids is 1. The van der Waals surface area contributed by atoms with Crippen molar-refractivity contribution < 1.29 is 32.5 Å². The average molecular weight is 408 g/mol. The highest BCUT2D eigenvalue weighted by Gasteiger charge is 2.43. The minimum atomic E-state index is -4.32. The molecule has 2 unspecified atom stereocenters. The standard InChI is InChI=1S/C18H34N2O6S/c1-2-3-4-5-6-7-8-9-17(23)18-19-10-11-20(18,12-13-21)14-16(22)15-27(24,25)26/h16,21-22H,2-15H2,1H3/p+1. The second kappa shape index (κ2) is 11.9. The van der Waals surface area contributed by atoms with Gasteiger partial charge in [0.15, 0.2) is 0 Å². The lowest BCUT2D eigenvalue weighted by Gasteiger charge is -2.34. The van der Waals surface area contributed by atoms with E-state index in [2.05, 4.69) is 11.9 Å². The van der Waals surface area contributed by atoms with Crippen LogP contribution in [0, 0.1) is 0 Å². The molecule has 0 aromatic heterocycles. The number of hydrogen-bond acceptors (Lipinski definition) is 6. The molecular formula is C18H35N2O6S+. The Kier molecular flexibility index (Phi) is 10.6. The number of rotatable bonds is 15. The number of ketones is 1. The van der Waals surface area contributed by atoms with Crippen LogP contribution < -0.4 is 0 Å². The summed E-state index contributed by atoms with van der Waals surface area (Å²) in [4.78, 5) is 17.0. The maximum atomic E-state index is 12.7.